The molecule has 2 heterocycles. The smallest absolute Gasteiger partial charge is 0.316 e. The number of carbonyl (C=O) groups is 4. The Morgan fingerprint density at radius 1 is 0.727 bits per heavy atom. The molecule has 0 radical (unpaired) electrons. The van der Waals surface area contributed by atoms with Crippen LogP contribution in [0.5, 0.6) is 5.75 Å². The summed E-state index contributed by atoms with van der Waals surface area (Å²) in [6.07, 6.45) is -0.0439. The molecular formula is C35H24Cl2N2O5. The average molecular weight is 623 g/mol. The zero-order valence-corrected chi connectivity index (χ0v) is 24.7. The van der Waals surface area contributed by atoms with Gasteiger partial charge in [-0.3, -0.25) is 19.2 Å². The Morgan fingerprint density at radius 3 is 1.89 bits per heavy atom. The van der Waals surface area contributed by atoms with Crippen molar-refractivity contribution in [3.05, 3.63) is 123 Å². The van der Waals surface area contributed by atoms with E-state index in [0.717, 1.165) is 22.3 Å². The summed E-state index contributed by atoms with van der Waals surface area (Å²) < 4.78 is 5.70. The lowest BCUT2D eigenvalue weighted by Gasteiger charge is -2.45. The van der Waals surface area contributed by atoms with E-state index in [1.807, 2.05) is 24.3 Å². The van der Waals surface area contributed by atoms with Crippen molar-refractivity contribution < 1.29 is 23.9 Å². The number of hydrogen-bond acceptors (Lipinski definition) is 5. The summed E-state index contributed by atoms with van der Waals surface area (Å²) in [4.78, 5) is 56.9. The lowest BCUT2D eigenvalue weighted by molar-refractivity contribution is -0.139. The summed E-state index contributed by atoms with van der Waals surface area (Å²) in [5, 5.41) is 0.552. The molecule has 7 nitrogen and oxygen atoms in total. The molecule has 0 spiro atoms. The molecule has 3 aliphatic carbocycles. The van der Waals surface area contributed by atoms with Gasteiger partial charge in [-0.25, -0.2) is 4.90 Å². The highest BCUT2D eigenvalue weighted by atomic mass is 35.5. The largest absolute Gasteiger partial charge is 0.426 e. The van der Waals surface area contributed by atoms with Gasteiger partial charge in [0.1, 0.15) is 5.75 Å². The van der Waals surface area contributed by atoms with E-state index in [-0.39, 0.29) is 53.3 Å². The molecule has 44 heavy (non-hydrogen) atoms. The van der Waals surface area contributed by atoms with Crippen molar-refractivity contribution >= 4 is 58.3 Å². The van der Waals surface area contributed by atoms with Crippen LogP contribution >= 0.6 is 23.2 Å². The standard InChI is InChI=1S/C35H24Cl2N2O5/c36-25-13-6-14-26(32(25)37)38-17-18(15-27(38)40)35(43)44-20-8-5-7-19(16-20)39-33(41)30-28-21-9-1-2-10-22(21)29(31(30)34(39)42)24-12-4-3-11-23(24)28/h1-14,16,18,28-31H,15,17H2/t18-,28?,29?,30+,31+/m0/s1. The number of halogens is 2. The van der Waals surface area contributed by atoms with Crippen molar-refractivity contribution in [2.45, 2.75) is 18.3 Å². The van der Waals surface area contributed by atoms with Gasteiger partial charge in [-0.2, -0.15) is 0 Å². The predicted octanol–water partition coefficient (Wildman–Crippen LogP) is 6.35. The SMILES string of the molecule is O=C(Oc1cccc(N2C(=O)[C@@H]3C4c5ccccc5C(c5ccccc54)[C@H]3C2=O)c1)[C@H]1CC(=O)N(c2cccc(Cl)c2Cl)C1. The van der Waals surface area contributed by atoms with Gasteiger partial charge in [0.2, 0.25) is 17.7 Å². The minimum atomic E-state index is -0.730. The quantitative estimate of drug-likeness (QED) is 0.150. The van der Waals surface area contributed by atoms with Gasteiger partial charge in [0.05, 0.1) is 39.2 Å². The van der Waals surface area contributed by atoms with Crippen LogP contribution in [0, 0.1) is 17.8 Å². The van der Waals surface area contributed by atoms with Crippen LogP contribution in [0.4, 0.5) is 11.4 Å². The highest BCUT2D eigenvalue weighted by Crippen LogP contribution is 2.61. The lowest BCUT2D eigenvalue weighted by atomic mass is 9.55. The van der Waals surface area contributed by atoms with Gasteiger partial charge in [-0.15, -0.1) is 0 Å². The van der Waals surface area contributed by atoms with Gasteiger partial charge in [0.25, 0.3) is 0 Å². The third-order valence-corrected chi connectivity index (χ3v) is 10.2. The second-order valence-corrected chi connectivity index (χ2v) is 12.5. The van der Waals surface area contributed by atoms with Gasteiger partial charge >= 0.3 is 5.97 Å². The first-order valence-corrected chi connectivity index (χ1v) is 15.2. The van der Waals surface area contributed by atoms with Crippen LogP contribution in [-0.4, -0.2) is 30.2 Å². The van der Waals surface area contributed by atoms with Crippen molar-refractivity contribution in [3.63, 3.8) is 0 Å². The molecule has 9 rings (SSSR count). The van der Waals surface area contributed by atoms with Gasteiger partial charge in [-0.05, 0) is 46.5 Å². The second kappa shape index (κ2) is 10.0. The Hall–Kier alpha value is -4.46. The average Bonchev–Trinajstić information content (AvgIpc) is 3.55. The molecule has 0 unspecified atom stereocenters. The Bertz CT molecular complexity index is 1810. The number of hydrogen-bond donors (Lipinski definition) is 0. The number of amides is 3. The number of ether oxygens (including phenoxy) is 1. The molecule has 2 bridgehead atoms. The molecule has 5 aliphatic rings. The molecule has 2 fully saturated rings. The summed E-state index contributed by atoms with van der Waals surface area (Å²) in [6, 6.07) is 27.6. The van der Waals surface area contributed by atoms with E-state index >= 15 is 0 Å². The first-order chi connectivity index (χ1) is 21.3. The molecule has 3 atom stereocenters. The third-order valence-electron chi connectivity index (χ3n) is 9.42. The lowest BCUT2D eigenvalue weighted by Crippen LogP contribution is -2.41. The van der Waals surface area contributed by atoms with Crippen LogP contribution < -0.4 is 14.5 Å². The molecule has 4 aromatic rings. The van der Waals surface area contributed by atoms with Crippen LogP contribution in [0.2, 0.25) is 10.0 Å². The molecule has 4 aromatic carbocycles. The van der Waals surface area contributed by atoms with E-state index in [4.69, 9.17) is 27.9 Å². The highest BCUT2D eigenvalue weighted by molar-refractivity contribution is 6.44. The van der Waals surface area contributed by atoms with E-state index in [1.165, 1.54) is 15.9 Å². The maximum absolute atomic E-state index is 14.1. The first-order valence-electron chi connectivity index (χ1n) is 14.4. The molecule has 0 aromatic heterocycles. The van der Waals surface area contributed by atoms with Crippen LogP contribution in [0.3, 0.4) is 0 Å². The van der Waals surface area contributed by atoms with Crippen molar-refractivity contribution in [2.24, 2.45) is 17.8 Å². The fourth-order valence-electron chi connectivity index (χ4n) is 7.62. The Morgan fingerprint density at radius 2 is 1.30 bits per heavy atom. The van der Waals surface area contributed by atoms with E-state index in [2.05, 4.69) is 24.3 Å². The number of benzene rings is 4. The number of esters is 1. The number of imide groups is 1. The van der Waals surface area contributed by atoms with Crippen molar-refractivity contribution in [2.75, 3.05) is 16.3 Å². The molecule has 3 amide bonds. The van der Waals surface area contributed by atoms with E-state index in [0.29, 0.717) is 16.4 Å². The summed E-state index contributed by atoms with van der Waals surface area (Å²) in [6.45, 7) is 0.0910. The third kappa shape index (κ3) is 3.89. The number of nitrogens with zero attached hydrogens (tertiary/aromatic N) is 2. The summed E-state index contributed by atoms with van der Waals surface area (Å²) >= 11 is 12.4. The Labute approximate surface area is 262 Å². The van der Waals surface area contributed by atoms with Gasteiger partial charge in [-0.1, -0.05) is 83.9 Å². The Kier molecular flexibility index (Phi) is 6.19. The first kappa shape index (κ1) is 27.1. The second-order valence-electron chi connectivity index (χ2n) is 11.7. The molecule has 9 heteroatoms. The predicted molar refractivity (Wildman–Crippen MR) is 165 cm³/mol. The summed E-state index contributed by atoms with van der Waals surface area (Å²) in [7, 11) is 0. The molecule has 0 N–H and O–H groups in total. The normalized spacial score (nSPS) is 24.8. The number of anilines is 2. The van der Waals surface area contributed by atoms with Crippen LogP contribution in [0.25, 0.3) is 0 Å². The zero-order chi connectivity index (χ0) is 30.3. The van der Waals surface area contributed by atoms with Crippen molar-refractivity contribution in [1.29, 1.82) is 0 Å². The van der Waals surface area contributed by atoms with Crippen LogP contribution in [-0.2, 0) is 19.2 Å². The van der Waals surface area contributed by atoms with Gasteiger partial charge in [0.15, 0.2) is 0 Å². The van der Waals surface area contributed by atoms with Gasteiger partial charge in [0, 0.05) is 30.9 Å². The molecular weight excluding hydrogens is 599 g/mol. The van der Waals surface area contributed by atoms with E-state index < -0.39 is 23.7 Å². The molecule has 0 saturated carbocycles. The number of carbonyl (C=O) groups excluding carboxylic acids is 4. The molecule has 2 aliphatic heterocycles. The highest BCUT2D eigenvalue weighted by Gasteiger charge is 2.61. The zero-order valence-electron chi connectivity index (χ0n) is 23.2. The minimum Gasteiger partial charge on any atom is -0.426 e. The summed E-state index contributed by atoms with van der Waals surface area (Å²) in [5.41, 5.74) is 5.18. The molecule has 218 valence electrons. The Balaban J connectivity index is 1.06. The topological polar surface area (TPSA) is 84.0 Å². The van der Waals surface area contributed by atoms with Gasteiger partial charge < -0.3 is 9.64 Å². The monoisotopic (exact) mass is 622 g/mol. The summed E-state index contributed by atoms with van der Waals surface area (Å²) in [5.74, 6) is -3.36. The maximum atomic E-state index is 14.1. The van der Waals surface area contributed by atoms with E-state index in [1.54, 1.807) is 36.4 Å². The maximum Gasteiger partial charge on any atom is 0.316 e. The van der Waals surface area contributed by atoms with Crippen LogP contribution in [0.15, 0.2) is 91.0 Å². The van der Waals surface area contributed by atoms with Crippen molar-refractivity contribution in [3.8, 4) is 5.75 Å². The van der Waals surface area contributed by atoms with E-state index in [9.17, 15) is 19.2 Å². The van der Waals surface area contributed by atoms with Crippen molar-refractivity contribution in [1.82, 2.24) is 0 Å². The minimum absolute atomic E-state index is 0.0439. The fourth-order valence-corrected chi connectivity index (χ4v) is 8.01. The fraction of sp³-hybridized carbons (Fsp3) is 0.200. The number of rotatable bonds is 4. The van der Waals surface area contributed by atoms with Crippen LogP contribution in [0.1, 0.15) is 40.5 Å². The molecule has 2 saturated heterocycles.